The zero-order valence-electron chi connectivity index (χ0n) is 8.81. The number of nitrogens with one attached hydrogen (secondary N) is 1. The summed E-state index contributed by atoms with van der Waals surface area (Å²) in [4.78, 5) is 1.56. The molecule has 1 aliphatic carbocycles. The fourth-order valence-corrected chi connectivity index (χ4v) is 4.61. The van der Waals surface area contributed by atoms with Crippen LogP contribution in [0.1, 0.15) is 36.1 Å². The molecule has 1 aromatic rings. The molecule has 1 fully saturated rings. The minimum atomic E-state index is 0.475. The lowest BCUT2D eigenvalue weighted by atomic mass is 9.67. The van der Waals surface area contributed by atoms with Crippen molar-refractivity contribution in [1.29, 1.82) is 0 Å². The molecule has 0 radical (unpaired) electrons. The number of halogens is 1. The first-order valence-electron chi connectivity index (χ1n) is 5.80. The highest BCUT2D eigenvalue weighted by atomic mass is 35.5. The van der Waals surface area contributed by atoms with Crippen LogP contribution in [0, 0.1) is 0 Å². The smallest absolute Gasteiger partial charge is 0.0934 e. The van der Waals surface area contributed by atoms with Crippen LogP contribution in [-0.4, -0.2) is 13.1 Å². The van der Waals surface area contributed by atoms with Gasteiger partial charge in [0, 0.05) is 4.88 Å². The lowest BCUT2D eigenvalue weighted by Crippen LogP contribution is -2.41. The first-order chi connectivity index (χ1) is 7.30. The molecule has 3 rings (SSSR count). The number of piperidine rings is 1. The van der Waals surface area contributed by atoms with Gasteiger partial charge in [-0.05, 0) is 62.2 Å². The van der Waals surface area contributed by atoms with Crippen LogP contribution in [0.4, 0.5) is 0 Å². The van der Waals surface area contributed by atoms with Crippen LogP contribution in [-0.2, 0) is 11.8 Å². The number of fused-ring (bicyclic) bond motifs is 2. The van der Waals surface area contributed by atoms with E-state index in [-0.39, 0.29) is 0 Å². The van der Waals surface area contributed by atoms with Gasteiger partial charge in [-0.1, -0.05) is 11.6 Å². The summed E-state index contributed by atoms with van der Waals surface area (Å²) < 4.78 is 0.986. The second kappa shape index (κ2) is 3.76. The molecule has 82 valence electrons. The van der Waals surface area contributed by atoms with E-state index in [0.717, 1.165) is 4.34 Å². The Balaban J connectivity index is 2.03. The van der Waals surface area contributed by atoms with Gasteiger partial charge in [-0.15, -0.1) is 11.3 Å². The highest BCUT2D eigenvalue weighted by Gasteiger charge is 2.38. The second-order valence-electron chi connectivity index (χ2n) is 4.77. The minimum absolute atomic E-state index is 0.475. The fourth-order valence-electron chi connectivity index (χ4n) is 3.18. The van der Waals surface area contributed by atoms with Gasteiger partial charge in [0.05, 0.1) is 4.34 Å². The summed E-state index contributed by atoms with van der Waals surface area (Å²) >= 11 is 7.96. The van der Waals surface area contributed by atoms with E-state index in [1.54, 1.807) is 21.8 Å². The summed E-state index contributed by atoms with van der Waals surface area (Å²) in [5.74, 6) is 0. The Bertz CT molecular complexity index is 366. The van der Waals surface area contributed by atoms with E-state index in [4.69, 9.17) is 11.6 Å². The van der Waals surface area contributed by atoms with Gasteiger partial charge in [-0.3, -0.25) is 0 Å². The highest BCUT2D eigenvalue weighted by Crippen LogP contribution is 2.47. The van der Waals surface area contributed by atoms with Crippen LogP contribution in [0.25, 0.3) is 0 Å². The number of hydrogen-bond acceptors (Lipinski definition) is 2. The minimum Gasteiger partial charge on any atom is -0.317 e. The van der Waals surface area contributed by atoms with Gasteiger partial charge in [-0.2, -0.15) is 0 Å². The van der Waals surface area contributed by atoms with E-state index >= 15 is 0 Å². The lowest BCUT2D eigenvalue weighted by molar-refractivity contribution is 0.270. The zero-order chi connectivity index (χ0) is 10.3. The Morgan fingerprint density at radius 1 is 1.27 bits per heavy atom. The molecule has 0 saturated carbocycles. The predicted octanol–water partition coefficient (Wildman–Crippen LogP) is 3.36. The van der Waals surface area contributed by atoms with E-state index in [1.807, 2.05) is 0 Å². The third kappa shape index (κ3) is 1.63. The Kier molecular flexibility index (Phi) is 2.54. The maximum Gasteiger partial charge on any atom is 0.0934 e. The zero-order valence-corrected chi connectivity index (χ0v) is 10.4. The third-order valence-corrected chi connectivity index (χ3v) is 5.29. The monoisotopic (exact) mass is 241 g/mol. The number of rotatable bonds is 0. The van der Waals surface area contributed by atoms with E-state index in [2.05, 4.69) is 11.4 Å². The van der Waals surface area contributed by atoms with Crippen molar-refractivity contribution in [3.05, 3.63) is 20.8 Å². The van der Waals surface area contributed by atoms with Crippen molar-refractivity contribution in [2.24, 2.45) is 0 Å². The molecular weight excluding hydrogens is 226 g/mol. The molecule has 3 heteroatoms. The number of thiophene rings is 1. The molecule has 1 nitrogen and oxygen atoms in total. The molecule has 2 aliphatic rings. The van der Waals surface area contributed by atoms with Crippen molar-refractivity contribution in [1.82, 2.24) is 5.32 Å². The summed E-state index contributed by atoms with van der Waals surface area (Å²) in [6, 6.07) is 2.24. The van der Waals surface area contributed by atoms with Gasteiger partial charge in [-0.25, -0.2) is 0 Å². The van der Waals surface area contributed by atoms with E-state index in [0.29, 0.717) is 5.41 Å². The molecule has 0 aromatic carbocycles. The lowest BCUT2D eigenvalue weighted by Gasteiger charge is -2.41. The van der Waals surface area contributed by atoms with Gasteiger partial charge in [0.25, 0.3) is 0 Å². The van der Waals surface area contributed by atoms with Crippen LogP contribution < -0.4 is 5.32 Å². The molecule has 2 heterocycles. The van der Waals surface area contributed by atoms with Crippen LogP contribution in [0.2, 0.25) is 4.34 Å². The molecule has 0 bridgehead atoms. The molecule has 1 aromatic heterocycles. The Morgan fingerprint density at radius 3 is 2.87 bits per heavy atom. The SMILES string of the molecule is Clc1cc2c(s1)CCCC21CCNCC1. The Morgan fingerprint density at radius 2 is 2.07 bits per heavy atom. The third-order valence-electron chi connectivity index (χ3n) is 3.97. The molecule has 0 atom stereocenters. The fraction of sp³-hybridized carbons (Fsp3) is 0.667. The van der Waals surface area contributed by atoms with Crippen LogP contribution in [0.3, 0.4) is 0 Å². The summed E-state index contributed by atoms with van der Waals surface area (Å²) in [6.07, 6.45) is 6.57. The molecule has 0 amide bonds. The van der Waals surface area contributed by atoms with Crippen molar-refractivity contribution < 1.29 is 0 Å². The van der Waals surface area contributed by atoms with Crippen molar-refractivity contribution in [3.63, 3.8) is 0 Å². The van der Waals surface area contributed by atoms with Gasteiger partial charge >= 0.3 is 0 Å². The topological polar surface area (TPSA) is 12.0 Å². The first kappa shape index (κ1) is 10.1. The summed E-state index contributed by atoms with van der Waals surface area (Å²) in [5.41, 5.74) is 2.06. The first-order valence-corrected chi connectivity index (χ1v) is 6.99. The highest BCUT2D eigenvalue weighted by molar-refractivity contribution is 7.16. The average molecular weight is 242 g/mol. The van der Waals surface area contributed by atoms with Crippen molar-refractivity contribution in [2.45, 2.75) is 37.5 Å². The van der Waals surface area contributed by atoms with Crippen molar-refractivity contribution in [3.8, 4) is 0 Å². The average Bonchev–Trinajstić information content (AvgIpc) is 2.62. The van der Waals surface area contributed by atoms with Gasteiger partial charge < -0.3 is 5.32 Å². The normalized spacial score (nSPS) is 24.1. The molecule has 1 N–H and O–H groups in total. The summed E-state index contributed by atoms with van der Waals surface area (Å²) in [7, 11) is 0. The molecule has 0 unspecified atom stereocenters. The number of hydrogen-bond donors (Lipinski definition) is 1. The molecule has 1 aliphatic heterocycles. The Hall–Kier alpha value is -0.0500. The van der Waals surface area contributed by atoms with E-state index in [9.17, 15) is 0 Å². The van der Waals surface area contributed by atoms with Crippen LogP contribution in [0.5, 0.6) is 0 Å². The summed E-state index contributed by atoms with van der Waals surface area (Å²) in [5, 5.41) is 3.46. The maximum absolute atomic E-state index is 6.16. The predicted molar refractivity (Wildman–Crippen MR) is 66.0 cm³/mol. The van der Waals surface area contributed by atoms with E-state index < -0.39 is 0 Å². The largest absolute Gasteiger partial charge is 0.317 e. The molecular formula is C12H16ClNS. The van der Waals surface area contributed by atoms with Crippen molar-refractivity contribution in [2.75, 3.05) is 13.1 Å². The number of aryl methyl sites for hydroxylation is 1. The quantitative estimate of drug-likeness (QED) is 0.735. The Labute approximate surface area is 99.8 Å². The molecule has 1 spiro atoms. The summed E-state index contributed by atoms with van der Waals surface area (Å²) in [6.45, 7) is 2.35. The molecule has 1 saturated heterocycles. The van der Waals surface area contributed by atoms with Crippen molar-refractivity contribution >= 4 is 22.9 Å². The standard InChI is InChI=1S/C12H16ClNS/c13-11-8-9-10(15-11)2-1-3-12(9)4-6-14-7-5-12/h8,14H,1-7H2. The maximum atomic E-state index is 6.16. The van der Waals surface area contributed by atoms with Gasteiger partial charge in [0.15, 0.2) is 0 Å². The molecule has 15 heavy (non-hydrogen) atoms. The van der Waals surface area contributed by atoms with Gasteiger partial charge in [0.2, 0.25) is 0 Å². The van der Waals surface area contributed by atoms with E-state index in [1.165, 1.54) is 45.2 Å². The van der Waals surface area contributed by atoms with Crippen LogP contribution in [0.15, 0.2) is 6.07 Å². The van der Waals surface area contributed by atoms with Gasteiger partial charge in [0.1, 0.15) is 0 Å². The van der Waals surface area contributed by atoms with Crippen LogP contribution >= 0.6 is 22.9 Å². The second-order valence-corrected chi connectivity index (χ2v) is 6.54.